The maximum absolute atomic E-state index is 13.9. The van der Waals surface area contributed by atoms with Gasteiger partial charge in [0.2, 0.25) is 29.5 Å². The number of benzene rings is 9. The summed E-state index contributed by atoms with van der Waals surface area (Å²) >= 11 is 0. The summed E-state index contributed by atoms with van der Waals surface area (Å²) < 4.78 is 5.72. The standard InChI is InChI=1S/C34H39N3O6.C33H37N3O6.C33H36N2O7/c1-21-18-29(39)27(20-24-14-8-5-9-15-24)37(3)34(43)22(2)31(40)26(19-23-12-6-4-7-13-23)35-33(42)30(21)36-32(41)25-16-10-11-17-28(25)38;1-20-17-28(38)25(18-22-11-5-3-6-12-22)34-31(40)21(2)30(39)26(19-23-13-7-4-8-14-23)35-33(42)29(20)36-32(41)24-15-9-10-16-27(24)37;1-20-17-27(37)28(19-23-13-7-4-8-14-23)42-33(41)21(2)30(38)25(18-22-11-5-3-6-12-22)34-32(40)29(20)35-31(39)24-15-9-10-16-26(24)36/h4-17,21-22,26-27,30-31,38,40H,18-20H2,1-3H3,(H,35,42)(H,36,41);3-16,20-21,25-26,29-30,37,39H,17-19H2,1-2H3,(H,34,40)(H,35,42)(H,36,41);3-16,20-21,25,28-30,36,38H,17-19H2,1-2H3,(H,34,40)(H,35,39)/t21-,22+,26-,27?,30-,31-;20-,21+,25?,26-,29-,30-;20-,21+,25-,28?,29-,30-/m000/s1. The fourth-order valence-corrected chi connectivity index (χ4v) is 15.9. The number of aliphatic hydroxyl groups is 3. The SMILES string of the molecule is C[C@H]1CC(=O)C(Cc2ccccc2)N(C)C(=O)[C@H](C)[C@H](O)[C@H](Cc2ccccc2)NC(=O)[C@H]1NC(=O)c1ccccc1O.C[C@H]1CC(=O)C(Cc2ccccc2)NC(=O)[C@H](C)[C@H](O)[C@H](Cc2ccccc2)NC(=O)[C@H]1NC(=O)c1ccccc1O.C[C@H]1CC(=O)C(Cc2ccccc2)OC(=O)[C@H](C)[C@H](O)[C@H](Cc2ccccc2)NC(=O)[C@H]1NC(=O)c1ccccc1O. The summed E-state index contributed by atoms with van der Waals surface area (Å²) in [5.41, 5.74) is 4.91. The molecule has 12 rings (SSSR count). The zero-order chi connectivity index (χ0) is 91.5. The van der Waals surface area contributed by atoms with Crippen LogP contribution in [0, 0.1) is 35.5 Å². The van der Waals surface area contributed by atoms with Crippen LogP contribution < -0.4 is 37.2 Å². The van der Waals surface area contributed by atoms with Gasteiger partial charge in [0.05, 0.1) is 83.0 Å². The number of aromatic hydroxyl groups is 3. The molecule has 9 aromatic carbocycles. The van der Waals surface area contributed by atoms with E-state index >= 15 is 0 Å². The van der Waals surface area contributed by atoms with Crippen molar-refractivity contribution in [1.29, 1.82) is 0 Å². The lowest BCUT2D eigenvalue weighted by molar-refractivity contribution is -0.163. The highest BCUT2D eigenvalue weighted by Gasteiger charge is 2.44. The van der Waals surface area contributed by atoms with E-state index in [9.17, 15) is 88.2 Å². The molecule has 27 nitrogen and oxygen atoms in total. The molecule has 3 fully saturated rings. The van der Waals surface area contributed by atoms with Crippen molar-refractivity contribution in [2.75, 3.05) is 7.05 Å². The summed E-state index contributed by atoms with van der Waals surface area (Å²) in [7, 11) is 1.57. The van der Waals surface area contributed by atoms with Gasteiger partial charge in [0.25, 0.3) is 17.7 Å². The van der Waals surface area contributed by atoms with E-state index in [1.165, 1.54) is 48.2 Å². The minimum Gasteiger partial charge on any atom is -0.507 e. The van der Waals surface area contributed by atoms with Gasteiger partial charge in [-0.05, 0) is 127 Å². The van der Waals surface area contributed by atoms with Gasteiger partial charge in [-0.3, -0.25) is 57.5 Å². The second-order valence-electron chi connectivity index (χ2n) is 33.1. The summed E-state index contributed by atoms with van der Waals surface area (Å²) in [5.74, 6) is -12.4. The lowest BCUT2D eigenvalue weighted by Crippen LogP contribution is -2.59. The van der Waals surface area contributed by atoms with E-state index in [0.29, 0.717) is 0 Å². The molecule has 3 heterocycles. The third-order valence-corrected chi connectivity index (χ3v) is 23.6. The van der Waals surface area contributed by atoms with Crippen LogP contribution in [-0.4, -0.2) is 186 Å². The summed E-state index contributed by atoms with van der Waals surface area (Å²) in [6, 6.07) is 65.3. The van der Waals surface area contributed by atoms with E-state index in [0.717, 1.165) is 33.4 Å². The van der Waals surface area contributed by atoms with Crippen molar-refractivity contribution in [3.05, 3.63) is 305 Å². The van der Waals surface area contributed by atoms with Crippen LogP contribution in [0.5, 0.6) is 17.2 Å². The number of hydrogen-bond donors (Lipinski definition) is 13. The fraction of sp³-hybridized carbons (Fsp3) is 0.340. The fourth-order valence-electron chi connectivity index (χ4n) is 15.9. The number of nitrogens with zero attached hydrogens (tertiary/aromatic N) is 1. The first kappa shape index (κ1) is 95.7. The van der Waals surface area contributed by atoms with Crippen molar-refractivity contribution >= 4 is 70.6 Å². The third-order valence-electron chi connectivity index (χ3n) is 23.6. The number of cyclic esters (lactones) is 1. The van der Waals surface area contributed by atoms with Crippen molar-refractivity contribution in [1.82, 2.24) is 42.1 Å². The molecule has 666 valence electrons. The van der Waals surface area contributed by atoms with Crippen LogP contribution in [0.1, 0.15) is 125 Å². The van der Waals surface area contributed by atoms with Gasteiger partial charge in [-0.15, -0.1) is 0 Å². The van der Waals surface area contributed by atoms with Crippen LogP contribution in [0.15, 0.2) is 255 Å². The minimum atomic E-state index is -1.36. The number of likely N-dealkylation sites (N-methyl/N-ethyl adjacent to an activating group) is 1. The molecular formula is C100H112N8O19. The zero-order valence-electron chi connectivity index (χ0n) is 71.9. The second-order valence-corrected chi connectivity index (χ2v) is 33.1. The van der Waals surface area contributed by atoms with Gasteiger partial charge in [0.15, 0.2) is 23.5 Å². The smallest absolute Gasteiger partial charge is 0.312 e. The molecule has 3 aliphatic rings. The van der Waals surface area contributed by atoms with E-state index in [-0.39, 0.29) is 103 Å². The Balaban J connectivity index is 0.000000199. The van der Waals surface area contributed by atoms with Crippen molar-refractivity contribution in [2.45, 2.75) is 172 Å². The van der Waals surface area contributed by atoms with Crippen LogP contribution in [0.2, 0.25) is 0 Å². The molecule has 18 atom stereocenters. The summed E-state index contributed by atoms with van der Waals surface area (Å²) in [6.45, 7) is 9.64. The molecule has 0 spiro atoms. The maximum Gasteiger partial charge on any atom is 0.312 e. The van der Waals surface area contributed by atoms with Gasteiger partial charge in [-0.2, -0.15) is 0 Å². The molecule has 8 amide bonds. The lowest BCUT2D eigenvalue weighted by atomic mass is 9.86. The van der Waals surface area contributed by atoms with E-state index in [2.05, 4.69) is 37.2 Å². The van der Waals surface area contributed by atoms with Crippen molar-refractivity contribution < 1.29 is 92.9 Å². The average Bonchev–Trinajstić information content (AvgIpc) is 0.806. The van der Waals surface area contributed by atoms with Crippen LogP contribution >= 0.6 is 0 Å². The Bertz CT molecular complexity index is 5040. The largest absolute Gasteiger partial charge is 0.507 e. The van der Waals surface area contributed by atoms with E-state index in [4.69, 9.17) is 4.74 Å². The summed E-state index contributed by atoms with van der Waals surface area (Å²) in [4.78, 5) is 164. The van der Waals surface area contributed by atoms with Crippen molar-refractivity contribution in [3.63, 3.8) is 0 Å². The number of esters is 1. The Morgan fingerprint density at radius 2 is 0.622 bits per heavy atom. The minimum absolute atomic E-state index is 0.0123. The maximum atomic E-state index is 13.9. The molecule has 127 heavy (non-hydrogen) atoms. The molecule has 13 N–H and O–H groups in total. The highest BCUT2D eigenvalue weighted by atomic mass is 16.5. The number of carbonyl (C=O) groups is 12. The van der Waals surface area contributed by atoms with Crippen LogP contribution in [0.3, 0.4) is 0 Å². The van der Waals surface area contributed by atoms with Gasteiger partial charge in [-0.25, -0.2) is 0 Å². The highest BCUT2D eigenvalue weighted by molar-refractivity contribution is 6.02. The number of phenols is 3. The molecule has 27 heteroatoms. The quantitative estimate of drug-likeness (QED) is 0.0358. The number of nitrogens with one attached hydrogen (secondary N) is 7. The molecule has 3 saturated heterocycles. The first-order valence-electron chi connectivity index (χ1n) is 42.6. The number of ether oxygens (including phenoxy) is 1. The topological polar surface area (TPSA) is 423 Å². The Hall–Kier alpha value is -13.5. The molecule has 0 saturated carbocycles. The summed E-state index contributed by atoms with van der Waals surface area (Å²) in [5, 5.41) is 84.4. The molecule has 3 aliphatic heterocycles. The molecule has 9 aromatic rings. The predicted molar refractivity (Wildman–Crippen MR) is 475 cm³/mol. The molecule has 0 aliphatic carbocycles. The van der Waals surface area contributed by atoms with Gasteiger partial charge >= 0.3 is 5.97 Å². The third kappa shape index (κ3) is 26.5. The number of carbonyl (C=O) groups excluding carboxylic acids is 12. The molecule has 3 unspecified atom stereocenters. The number of Topliss-reactive ketones (excluding diaryl/α,β-unsaturated/α-hetero) is 3. The molecule has 0 aromatic heterocycles. The van der Waals surface area contributed by atoms with Crippen LogP contribution in [0.25, 0.3) is 0 Å². The number of amides is 8. The number of hydrogen-bond acceptors (Lipinski definition) is 19. The Morgan fingerprint density at radius 3 is 0.969 bits per heavy atom. The van der Waals surface area contributed by atoms with Crippen molar-refractivity contribution in [3.8, 4) is 17.2 Å². The zero-order valence-corrected chi connectivity index (χ0v) is 71.9. The number of phenolic OH excluding ortho intramolecular Hbond substituents is 3. The normalized spacial score (nSPS) is 25.3. The van der Waals surface area contributed by atoms with E-state index < -0.39 is 167 Å². The Kier molecular flexibility index (Phi) is 34.6. The Morgan fingerprint density at radius 1 is 0.339 bits per heavy atom. The Labute approximate surface area is 738 Å². The number of ketones is 3. The van der Waals surface area contributed by atoms with Crippen LogP contribution in [-0.2, 0) is 86.4 Å². The van der Waals surface area contributed by atoms with Crippen molar-refractivity contribution in [2.24, 2.45) is 35.5 Å². The molecule has 0 bridgehead atoms. The number of aliphatic hydroxyl groups excluding tert-OH is 3. The number of rotatable bonds is 18. The average molecular weight is 1730 g/mol. The van der Waals surface area contributed by atoms with Gasteiger partial charge in [-0.1, -0.05) is 253 Å². The summed E-state index contributed by atoms with van der Waals surface area (Å²) in [6.07, 6.45) is -4.23. The lowest BCUT2D eigenvalue weighted by Gasteiger charge is -2.36. The predicted octanol–water partition coefficient (Wildman–Crippen LogP) is 8.42. The molecular weight excluding hydrogens is 1620 g/mol. The number of para-hydroxylation sites is 3. The first-order valence-corrected chi connectivity index (χ1v) is 42.6. The van der Waals surface area contributed by atoms with Crippen LogP contribution in [0.4, 0.5) is 0 Å². The second kappa shape index (κ2) is 45.9. The van der Waals surface area contributed by atoms with Gasteiger partial charge < -0.3 is 77.5 Å². The van der Waals surface area contributed by atoms with Gasteiger partial charge in [0, 0.05) is 32.7 Å². The van der Waals surface area contributed by atoms with E-state index in [1.54, 1.807) is 78.1 Å². The molecule has 0 radical (unpaired) electrons. The first-order chi connectivity index (χ1) is 60.8. The van der Waals surface area contributed by atoms with Gasteiger partial charge in [0.1, 0.15) is 35.4 Å². The van der Waals surface area contributed by atoms with E-state index in [1.807, 2.05) is 182 Å². The monoisotopic (exact) mass is 1730 g/mol. The highest BCUT2D eigenvalue weighted by Crippen LogP contribution is 2.29.